The summed E-state index contributed by atoms with van der Waals surface area (Å²) in [6.45, 7) is 6.21. The zero-order chi connectivity index (χ0) is 28.0. The largest absolute Gasteiger partial charge is 0.491 e. The summed E-state index contributed by atoms with van der Waals surface area (Å²) in [5, 5.41) is 0. The van der Waals surface area contributed by atoms with Crippen molar-refractivity contribution in [1.29, 1.82) is 0 Å². The quantitative estimate of drug-likeness (QED) is 0.495. The maximum atomic E-state index is 13.5. The van der Waals surface area contributed by atoms with Crippen molar-refractivity contribution in [3.63, 3.8) is 0 Å². The summed E-state index contributed by atoms with van der Waals surface area (Å²) in [6, 6.07) is 18.7. The van der Waals surface area contributed by atoms with Gasteiger partial charge in [-0.05, 0) is 49.2 Å². The second-order valence-corrected chi connectivity index (χ2v) is 11.7. The first-order chi connectivity index (χ1) is 18.7. The highest BCUT2D eigenvalue weighted by atomic mass is 32.2. The van der Waals surface area contributed by atoms with Gasteiger partial charge in [-0.3, -0.25) is 19.4 Å². The molecule has 4 rings (SSSR count). The predicted molar refractivity (Wildman–Crippen MR) is 150 cm³/mol. The number of nitrogens with one attached hydrogen (secondary N) is 1. The standard InChI is InChI=1S/C29H36N4O5S/c1-21-17-33(18-24-10-8-9-15-30-24)22(2)20-38-27-16-23(31-39(35,36)25-11-6-5-7-12-25)13-14-26(27)29(34)32(3)19-28(21)37-4/h5-16,21-22,28,31H,17-20H2,1-4H3/t21-,22-,28+/m1/s1. The Balaban J connectivity index is 1.66. The summed E-state index contributed by atoms with van der Waals surface area (Å²) >= 11 is 0. The first-order valence-electron chi connectivity index (χ1n) is 12.9. The molecule has 10 heteroatoms. The summed E-state index contributed by atoms with van der Waals surface area (Å²) in [4.78, 5) is 22.0. The van der Waals surface area contributed by atoms with E-state index in [1.807, 2.05) is 18.2 Å². The minimum absolute atomic E-state index is 0.0308. The Bertz CT molecular complexity index is 1350. The molecule has 0 fully saturated rings. The van der Waals surface area contributed by atoms with E-state index in [4.69, 9.17) is 9.47 Å². The molecule has 2 heterocycles. The fourth-order valence-electron chi connectivity index (χ4n) is 4.64. The van der Waals surface area contributed by atoms with Crippen molar-refractivity contribution >= 4 is 21.6 Å². The average molecular weight is 553 g/mol. The van der Waals surface area contributed by atoms with Crippen LogP contribution in [0.3, 0.4) is 0 Å². The Morgan fingerprint density at radius 3 is 2.49 bits per heavy atom. The fraction of sp³-hybridized carbons (Fsp3) is 0.379. The molecule has 0 aliphatic carbocycles. The van der Waals surface area contributed by atoms with Gasteiger partial charge in [-0.1, -0.05) is 31.2 Å². The number of anilines is 1. The van der Waals surface area contributed by atoms with Gasteiger partial charge >= 0.3 is 0 Å². The maximum Gasteiger partial charge on any atom is 0.261 e. The fourth-order valence-corrected chi connectivity index (χ4v) is 5.71. The van der Waals surface area contributed by atoms with E-state index in [9.17, 15) is 13.2 Å². The second-order valence-electron chi connectivity index (χ2n) is 9.98. The first kappa shape index (κ1) is 28.5. The van der Waals surface area contributed by atoms with Crippen LogP contribution in [0, 0.1) is 5.92 Å². The van der Waals surface area contributed by atoms with Crippen LogP contribution in [-0.4, -0.2) is 75.1 Å². The molecule has 1 amide bonds. The summed E-state index contributed by atoms with van der Waals surface area (Å²) in [7, 11) is -0.408. The number of hydrogen-bond acceptors (Lipinski definition) is 7. The van der Waals surface area contributed by atoms with Crippen LogP contribution in [0.15, 0.2) is 77.8 Å². The Kier molecular flexibility index (Phi) is 9.21. The number of likely N-dealkylation sites (N-methyl/N-ethyl adjacent to an activating group) is 1. The number of ether oxygens (including phenoxy) is 2. The molecule has 0 bridgehead atoms. The topological polar surface area (TPSA) is 101 Å². The molecule has 0 spiro atoms. The van der Waals surface area contributed by atoms with Crippen molar-refractivity contribution in [2.75, 3.05) is 38.6 Å². The molecule has 208 valence electrons. The van der Waals surface area contributed by atoms with Crippen molar-refractivity contribution in [2.24, 2.45) is 5.92 Å². The summed E-state index contributed by atoms with van der Waals surface area (Å²) in [6.07, 6.45) is 1.60. The number of hydrogen-bond donors (Lipinski definition) is 1. The number of sulfonamides is 1. The van der Waals surface area contributed by atoms with Gasteiger partial charge < -0.3 is 14.4 Å². The lowest BCUT2D eigenvalue weighted by molar-refractivity contribution is 0.00901. The average Bonchev–Trinajstić information content (AvgIpc) is 2.94. The molecule has 0 radical (unpaired) electrons. The Morgan fingerprint density at radius 2 is 1.79 bits per heavy atom. The van der Waals surface area contributed by atoms with Gasteiger partial charge in [0.05, 0.1) is 27.9 Å². The molecule has 1 aliphatic heterocycles. The second kappa shape index (κ2) is 12.6. The van der Waals surface area contributed by atoms with Gasteiger partial charge in [-0.15, -0.1) is 0 Å². The lowest BCUT2D eigenvalue weighted by Gasteiger charge is -2.35. The van der Waals surface area contributed by atoms with Crippen LogP contribution in [0.1, 0.15) is 29.9 Å². The maximum absolute atomic E-state index is 13.5. The minimum Gasteiger partial charge on any atom is -0.491 e. The molecule has 1 N–H and O–H groups in total. The number of rotatable bonds is 6. The van der Waals surface area contributed by atoms with Gasteiger partial charge in [0.1, 0.15) is 12.4 Å². The van der Waals surface area contributed by atoms with Crippen LogP contribution >= 0.6 is 0 Å². The third kappa shape index (κ3) is 7.14. The zero-order valence-corrected chi connectivity index (χ0v) is 23.6. The van der Waals surface area contributed by atoms with Gasteiger partial charge in [0, 0.05) is 52.1 Å². The number of aromatic nitrogens is 1. The molecular weight excluding hydrogens is 516 g/mol. The van der Waals surface area contributed by atoms with E-state index >= 15 is 0 Å². The molecular formula is C29H36N4O5S. The van der Waals surface area contributed by atoms with E-state index in [1.54, 1.807) is 61.7 Å². The molecule has 1 aliphatic rings. The summed E-state index contributed by atoms with van der Waals surface area (Å²) in [5.74, 6) is 0.215. The highest BCUT2D eigenvalue weighted by molar-refractivity contribution is 7.92. The van der Waals surface area contributed by atoms with Crippen LogP contribution in [0.4, 0.5) is 5.69 Å². The lowest BCUT2D eigenvalue weighted by Crippen LogP contribution is -2.46. The predicted octanol–water partition coefficient (Wildman–Crippen LogP) is 3.89. The number of carbonyl (C=O) groups is 1. The highest BCUT2D eigenvalue weighted by Crippen LogP contribution is 2.28. The molecule has 0 saturated heterocycles. The van der Waals surface area contributed by atoms with Crippen LogP contribution < -0.4 is 9.46 Å². The number of methoxy groups -OCH3 is 1. The van der Waals surface area contributed by atoms with E-state index in [0.29, 0.717) is 36.6 Å². The van der Waals surface area contributed by atoms with Gasteiger partial charge in [-0.25, -0.2) is 8.42 Å². The summed E-state index contributed by atoms with van der Waals surface area (Å²) < 4.78 is 40.5. The number of amides is 1. The number of benzene rings is 2. The Morgan fingerprint density at radius 1 is 1.05 bits per heavy atom. The minimum atomic E-state index is -3.81. The molecule has 2 aromatic carbocycles. The SMILES string of the molecule is CO[C@H]1CN(C)C(=O)c2ccc(NS(=O)(=O)c3ccccc3)cc2OC[C@@H](C)N(Cc2ccccn2)C[C@H]1C. The van der Waals surface area contributed by atoms with Crippen molar-refractivity contribution in [1.82, 2.24) is 14.8 Å². The molecule has 3 aromatic rings. The van der Waals surface area contributed by atoms with E-state index in [-0.39, 0.29) is 35.5 Å². The molecule has 3 atom stereocenters. The zero-order valence-electron chi connectivity index (χ0n) is 22.8. The van der Waals surface area contributed by atoms with Gasteiger partial charge in [0.25, 0.3) is 15.9 Å². The molecule has 1 aromatic heterocycles. The first-order valence-corrected chi connectivity index (χ1v) is 14.4. The smallest absolute Gasteiger partial charge is 0.261 e. The van der Waals surface area contributed by atoms with E-state index in [2.05, 4.69) is 28.5 Å². The van der Waals surface area contributed by atoms with Crippen LogP contribution in [-0.2, 0) is 21.3 Å². The number of nitrogens with zero attached hydrogens (tertiary/aromatic N) is 3. The third-order valence-electron chi connectivity index (χ3n) is 6.97. The lowest BCUT2D eigenvalue weighted by atomic mass is 10.0. The molecule has 0 unspecified atom stereocenters. The van der Waals surface area contributed by atoms with Crippen LogP contribution in [0.25, 0.3) is 0 Å². The van der Waals surface area contributed by atoms with Gasteiger partial charge in [0.15, 0.2) is 0 Å². The third-order valence-corrected chi connectivity index (χ3v) is 8.37. The highest BCUT2D eigenvalue weighted by Gasteiger charge is 2.29. The van der Waals surface area contributed by atoms with Crippen LogP contribution in [0.5, 0.6) is 5.75 Å². The molecule has 9 nitrogen and oxygen atoms in total. The van der Waals surface area contributed by atoms with Crippen molar-refractivity contribution < 1.29 is 22.7 Å². The van der Waals surface area contributed by atoms with E-state index in [0.717, 1.165) is 5.69 Å². The van der Waals surface area contributed by atoms with Crippen molar-refractivity contribution in [3.8, 4) is 5.75 Å². The Labute approximate surface area is 230 Å². The normalized spacial score (nSPS) is 21.3. The van der Waals surface area contributed by atoms with Gasteiger partial charge in [-0.2, -0.15) is 0 Å². The van der Waals surface area contributed by atoms with Crippen molar-refractivity contribution in [3.05, 3.63) is 84.2 Å². The molecule has 39 heavy (non-hydrogen) atoms. The van der Waals surface area contributed by atoms with Crippen molar-refractivity contribution in [2.45, 2.75) is 37.4 Å². The molecule has 0 saturated carbocycles. The van der Waals surface area contributed by atoms with E-state index in [1.165, 1.54) is 12.1 Å². The summed E-state index contributed by atoms with van der Waals surface area (Å²) in [5.41, 5.74) is 1.61. The monoisotopic (exact) mass is 552 g/mol. The van der Waals surface area contributed by atoms with E-state index < -0.39 is 10.0 Å². The number of fused-ring (bicyclic) bond motifs is 1. The number of carbonyl (C=O) groups excluding carboxylic acids is 1. The number of pyridine rings is 1. The Hall–Kier alpha value is -3.47. The van der Waals surface area contributed by atoms with Crippen LogP contribution in [0.2, 0.25) is 0 Å². The van der Waals surface area contributed by atoms with Gasteiger partial charge in [0.2, 0.25) is 0 Å².